The number of anilines is 1. The van der Waals surface area contributed by atoms with Crippen molar-refractivity contribution in [3.63, 3.8) is 0 Å². The minimum atomic E-state index is -0.685. The summed E-state index contributed by atoms with van der Waals surface area (Å²) >= 11 is 1.60. The molecule has 1 saturated carbocycles. The van der Waals surface area contributed by atoms with Crippen molar-refractivity contribution < 1.29 is 9.90 Å². The van der Waals surface area contributed by atoms with E-state index in [0.717, 1.165) is 39.5 Å². The first-order chi connectivity index (χ1) is 11.4. The fourth-order valence-electron chi connectivity index (χ4n) is 3.46. The van der Waals surface area contributed by atoms with E-state index in [0.29, 0.717) is 18.8 Å². The Kier molecular flexibility index (Phi) is 4.87. The van der Waals surface area contributed by atoms with Crippen molar-refractivity contribution in [1.82, 2.24) is 4.98 Å². The number of aliphatic carboxylic acids is 1. The topological polar surface area (TPSA) is 102 Å². The third-order valence-corrected chi connectivity index (χ3v) is 5.97. The van der Waals surface area contributed by atoms with Gasteiger partial charge >= 0.3 is 5.97 Å². The highest BCUT2D eigenvalue weighted by Crippen LogP contribution is 2.38. The quantitative estimate of drug-likeness (QED) is 0.735. The molecule has 1 heterocycles. The van der Waals surface area contributed by atoms with E-state index in [1.165, 1.54) is 0 Å². The molecule has 1 unspecified atom stereocenters. The van der Waals surface area contributed by atoms with Gasteiger partial charge in [0.15, 0.2) is 0 Å². The van der Waals surface area contributed by atoms with Gasteiger partial charge < -0.3 is 16.6 Å². The second-order valence-electron chi connectivity index (χ2n) is 6.67. The summed E-state index contributed by atoms with van der Waals surface area (Å²) in [6.07, 6.45) is 4.98. The Morgan fingerprint density at radius 2 is 2.00 bits per heavy atom. The van der Waals surface area contributed by atoms with Gasteiger partial charge in [-0.15, -0.1) is 11.3 Å². The van der Waals surface area contributed by atoms with Gasteiger partial charge in [0.1, 0.15) is 5.01 Å². The average Bonchev–Trinajstić information content (AvgIpc) is 3.03. The minimum Gasteiger partial charge on any atom is -0.481 e. The van der Waals surface area contributed by atoms with E-state index in [2.05, 4.69) is 11.1 Å². The van der Waals surface area contributed by atoms with Crippen LogP contribution in [0.15, 0.2) is 24.4 Å². The lowest BCUT2D eigenvalue weighted by Crippen LogP contribution is -2.28. The number of carboxylic acids is 1. The number of aryl methyl sites for hydroxylation is 1. The van der Waals surface area contributed by atoms with Crippen LogP contribution in [-0.2, 0) is 4.79 Å². The summed E-state index contributed by atoms with van der Waals surface area (Å²) in [6, 6.07) is 5.86. The highest BCUT2D eigenvalue weighted by Gasteiger charge is 2.30. The van der Waals surface area contributed by atoms with E-state index >= 15 is 0 Å². The highest BCUT2D eigenvalue weighted by molar-refractivity contribution is 7.15. The van der Waals surface area contributed by atoms with Crippen LogP contribution in [0.3, 0.4) is 0 Å². The van der Waals surface area contributed by atoms with Crippen molar-refractivity contribution in [3.05, 3.63) is 35.0 Å². The maximum Gasteiger partial charge on any atom is 0.306 e. The Morgan fingerprint density at radius 1 is 1.29 bits per heavy atom. The van der Waals surface area contributed by atoms with Gasteiger partial charge in [-0.2, -0.15) is 0 Å². The van der Waals surface area contributed by atoms with Gasteiger partial charge in [-0.25, -0.2) is 4.98 Å². The van der Waals surface area contributed by atoms with Crippen molar-refractivity contribution in [2.24, 2.45) is 17.6 Å². The molecule has 0 amide bonds. The van der Waals surface area contributed by atoms with Gasteiger partial charge in [-0.3, -0.25) is 4.79 Å². The molecular formula is C18H23N3O2S. The molecule has 24 heavy (non-hydrogen) atoms. The summed E-state index contributed by atoms with van der Waals surface area (Å²) < 4.78 is 0. The molecule has 1 atom stereocenters. The molecule has 6 heteroatoms. The lowest BCUT2D eigenvalue weighted by atomic mass is 9.79. The number of carbonyl (C=O) groups is 1. The van der Waals surface area contributed by atoms with Gasteiger partial charge in [-0.05, 0) is 61.8 Å². The minimum absolute atomic E-state index is 0.124. The fourth-order valence-corrected chi connectivity index (χ4v) is 4.46. The van der Waals surface area contributed by atoms with Crippen molar-refractivity contribution >= 4 is 23.0 Å². The fraction of sp³-hybridized carbons (Fsp3) is 0.444. The Labute approximate surface area is 145 Å². The van der Waals surface area contributed by atoms with Crippen LogP contribution in [0.25, 0.3) is 10.4 Å². The molecule has 0 spiro atoms. The summed E-state index contributed by atoms with van der Waals surface area (Å²) in [4.78, 5) is 16.6. The number of hydrogen-bond donors (Lipinski definition) is 3. The standard InChI is InChI=1S/C18H23N3O2S/c1-10-6-13(8-14(19)7-10)15-9-21-17(24-15)16(20)11-2-4-12(5-3-11)18(22)23/h6-9,11-12,16H,2-5,19-20H2,1H3,(H,22,23). The number of rotatable bonds is 4. The number of aromatic nitrogens is 1. The normalized spacial score (nSPS) is 22.2. The number of hydrogen-bond acceptors (Lipinski definition) is 5. The number of benzene rings is 1. The molecule has 1 aliphatic rings. The zero-order chi connectivity index (χ0) is 17.3. The van der Waals surface area contributed by atoms with Crippen LogP contribution in [0.2, 0.25) is 0 Å². The Morgan fingerprint density at radius 3 is 2.62 bits per heavy atom. The molecule has 1 aromatic heterocycles. The molecule has 3 rings (SSSR count). The molecule has 0 bridgehead atoms. The summed E-state index contributed by atoms with van der Waals surface area (Å²) in [5.41, 5.74) is 15.3. The number of nitrogens with zero attached hydrogens (tertiary/aromatic N) is 1. The maximum atomic E-state index is 11.1. The van der Waals surface area contributed by atoms with E-state index < -0.39 is 5.97 Å². The second kappa shape index (κ2) is 6.91. The van der Waals surface area contributed by atoms with Crippen molar-refractivity contribution in [2.75, 3.05) is 5.73 Å². The smallest absolute Gasteiger partial charge is 0.306 e. The average molecular weight is 345 g/mol. The number of nitrogen functional groups attached to an aromatic ring is 1. The monoisotopic (exact) mass is 345 g/mol. The van der Waals surface area contributed by atoms with Gasteiger partial charge in [0.2, 0.25) is 0 Å². The lowest BCUT2D eigenvalue weighted by Gasteiger charge is -2.29. The first-order valence-corrected chi connectivity index (χ1v) is 9.07. The number of nitrogens with two attached hydrogens (primary N) is 2. The van der Waals surface area contributed by atoms with Crippen molar-refractivity contribution in [2.45, 2.75) is 38.6 Å². The third kappa shape index (κ3) is 3.60. The largest absolute Gasteiger partial charge is 0.481 e. The van der Waals surface area contributed by atoms with Crippen LogP contribution in [0.1, 0.15) is 42.3 Å². The van der Waals surface area contributed by atoms with Gasteiger partial charge in [-0.1, -0.05) is 6.07 Å². The van der Waals surface area contributed by atoms with Crippen LogP contribution in [0.5, 0.6) is 0 Å². The summed E-state index contributed by atoms with van der Waals surface area (Å²) in [7, 11) is 0. The molecule has 1 fully saturated rings. The van der Waals surface area contributed by atoms with Crippen LogP contribution in [0.4, 0.5) is 5.69 Å². The van der Waals surface area contributed by atoms with E-state index in [4.69, 9.17) is 16.6 Å². The molecular weight excluding hydrogens is 322 g/mol. The van der Waals surface area contributed by atoms with E-state index in [9.17, 15) is 4.79 Å². The number of thiazole rings is 1. The lowest BCUT2D eigenvalue weighted by molar-refractivity contribution is -0.143. The maximum absolute atomic E-state index is 11.1. The first kappa shape index (κ1) is 16.9. The van der Waals surface area contributed by atoms with E-state index in [1.54, 1.807) is 11.3 Å². The molecule has 2 aromatic rings. The Hall–Kier alpha value is -1.92. The third-order valence-electron chi connectivity index (χ3n) is 4.82. The zero-order valence-electron chi connectivity index (χ0n) is 13.7. The molecule has 0 radical (unpaired) electrons. The van der Waals surface area contributed by atoms with Crippen LogP contribution < -0.4 is 11.5 Å². The SMILES string of the molecule is Cc1cc(N)cc(-c2cnc(C(N)C3CCC(C(=O)O)CC3)s2)c1. The van der Waals surface area contributed by atoms with Gasteiger partial charge in [0.05, 0.1) is 16.8 Å². The van der Waals surface area contributed by atoms with Crippen molar-refractivity contribution in [1.29, 1.82) is 0 Å². The van der Waals surface area contributed by atoms with Crippen LogP contribution >= 0.6 is 11.3 Å². The zero-order valence-corrected chi connectivity index (χ0v) is 14.6. The highest BCUT2D eigenvalue weighted by atomic mass is 32.1. The van der Waals surface area contributed by atoms with Gasteiger partial charge in [0, 0.05) is 11.9 Å². The molecule has 1 aliphatic carbocycles. The first-order valence-electron chi connectivity index (χ1n) is 8.25. The molecule has 1 aromatic carbocycles. The summed E-state index contributed by atoms with van der Waals surface area (Å²) in [5.74, 6) is -0.589. The van der Waals surface area contributed by atoms with Crippen molar-refractivity contribution in [3.8, 4) is 10.4 Å². The molecule has 5 nitrogen and oxygen atoms in total. The summed E-state index contributed by atoms with van der Waals surface area (Å²) in [6.45, 7) is 2.02. The molecule has 128 valence electrons. The molecule has 0 aliphatic heterocycles. The Bertz CT molecular complexity index is 715. The second-order valence-corrected chi connectivity index (χ2v) is 7.73. The van der Waals surface area contributed by atoms with Crippen LogP contribution in [-0.4, -0.2) is 16.1 Å². The number of carboxylic acid groups (broad SMARTS) is 1. The Balaban J connectivity index is 1.72. The predicted octanol–water partition coefficient (Wildman–Crippen LogP) is 3.59. The van der Waals surface area contributed by atoms with E-state index in [-0.39, 0.29) is 12.0 Å². The molecule has 5 N–H and O–H groups in total. The summed E-state index contributed by atoms with van der Waals surface area (Å²) in [5, 5.41) is 10.0. The van der Waals surface area contributed by atoms with Gasteiger partial charge in [0.25, 0.3) is 0 Å². The predicted molar refractivity (Wildman–Crippen MR) is 96.7 cm³/mol. The van der Waals surface area contributed by atoms with Crippen LogP contribution in [0, 0.1) is 18.8 Å². The van der Waals surface area contributed by atoms with E-state index in [1.807, 2.05) is 25.3 Å². The molecule has 0 saturated heterocycles.